The van der Waals surface area contributed by atoms with Gasteiger partial charge in [0.25, 0.3) is 0 Å². The second kappa shape index (κ2) is 14.0. The Kier molecular flexibility index (Phi) is 12.6. The van der Waals surface area contributed by atoms with Crippen molar-refractivity contribution in [3.05, 3.63) is 0 Å². The van der Waals surface area contributed by atoms with Gasteiger partial charge in [0.2, 0.25) is 0 Å². The van der Waals surface area contributed by atoms with Gasteiger partial charge in [-0.25, -0.2) is 0 Å². The van der Waals surface area contributed by atoms with Gasteiger partial charge in [-0.05, 0) is 6.42 Å². The number of thioether (sulfide) groups is 1. The number of rotatable bonds is 14. The molecule has 0 saturated heterocycles. The quantitative estimate of drug-likeness (QED) is 0.334. The van der Waals surface area contributed by atoms with Crippen LogP contribution in [0.3, 0.4) is 0 Å². The average Bonchev–Trinajstić information content (AvgIpc) is 2.97. The predicted octanol–water partition coefficient (Wildman–Crippen LogP) is 6.49. The molecule has 0 fully saturated rings. The Morgan fingerprint density at radius 3 is 1.75 bits per heavy atom. The van der Waals surface area contributed by atoms with E-state index in [9.17, 15) is 0 Å². The second-order valence-corrected chi connectivity index (χ2v) is 7.02. The molecule has 1 rings (SSSR count). The van der Waals surface area contributed by atoms with E-state index in [2.05, 4.69) is 17.5 Å². The summed E-state index contributed by atoms with van der Waals surface area (Å²) in [5.74, 6) is 1.18. The Labute approximate surface area is 131 Å². The normalized spacial score (nSPS) is 17.9. The topological polar surface area (TPSA) is 12.4 Å². The van der Waals surface area contributed by atoms with Crippen molar-refractivity contribution in [3.63, 3.8) is 0 Å². The Balaban J connectivity index is 1.67. The Bertz CT molecular complexity index is 227. The number of unbranched alkanes of at least 4 members (excludes halogenated alkanes) is 12. The van der Waals surface area contributed by atoms with Crippen LogP contribution in [0.4, 0.5) is 0 Å². The third-order valence-electron chi connectivity index (χ3n) is 4.22. The lowest BCUT2D eigenvalue weighted by molar-refractivity contribution is 0.528. The van der Waals surface area contributed by atoms with E-state index in [4.69, 9.17) is 0 Å². The highest BCUT2D eigenvalue weighted by Crippen LogP contribution is 2.18. The van der Waals surface area contributed by atoms with Gasteiger partial charge in [-0.15, -0.1) is 11.8 Å². The summed E-state index contributed by atoms with van der Waals surface area (Å²) >= 11 is 1.75. The van der Waals surface area contributed by atoms with Crippen LogP contribution < -0.4 is 0 Å². The zero-order valence-electron chi connectivity index (χ0n) is 13.5. The third-order valence-corrected chi connectivity index (χ3v) is 5.00. The van der Waals surface area contributed by atoms with Crippen LogP contribution >= 0.6 is 11.8 Å². The molecule has 1 heterocycles. The molecular weight excluding hydrogens is 262 g/mol. The summed E-state index contributed by atoms with van der Waals surface area (Å²) in [5, 5.41) is 0. The second-order valence-electron chi connectivity index (χ2n) is 6.22. The van der Waals surface area contributed by atoms with Gasteiger partial charge in [0.05, 0.1) is 6.04 Å². The first-order chi connectivity index (χ1) is 9.93. The van der Waals surface area contributed by atoms with Crippen LogP contribution in [-0.2, 0) is 0 Å². The van der Waals surface area contributed by atoms with E-state index in [1.165, 1.54) is 95.6 Å². The summed E-state index contributed by atoms with van der Waals surface area (Å²) in [6.07, 6.45) is 20.0. The largest absolute Gasteiger partial charge is 0.271 e. The minimum atomic E-state index is 0.590. The molecule has 0 spiro atoms. The van der Waals surface area contributed by atoms with E-state index in [0.717, 1.165) is 0 Å². The highest BCUT2D eigenvalue weighted by Gasteiger charge is 2.10. The van der Waals surface area contributed by atoms with E-state index in [-0.39, 0.29) is 0 Å². The summed E-state index contributed by atoms with van der Waals surface area (Å²) in [4.78, 5) is 4.34. The van der Waals surface area contributed by atoms with Crippen molar-refractivity contribution < 1.29 is 0 Å². The molecule has 0 aliphatic carbocycles. The van der Waals surface area contributed by atoms with Gasteiger partial charge in [0.15, 0.2) is 0 Å². The lowest BCUT2D eigenvalue weighted by Gasteiger charge is -2.05. The van der Waals surface area contributed by atoms with Gasteiger partial charge in [0.1, 0.15) is 5.55 Å². The van der Waals surface area contributed by atoms with E-state index in [1.807, 2.05) is 0 Å². The highest BCUT2D eigenvalue weighted by molar-refractivity contribution is 8.12. The van der Waals surface area contributed by atoms with Gasteiger partial charge >= 0.3 is 0 Å². The maximum absolute atomic E-state index is 4.34. The first kappa shape index (κ1) is 18.1. The molecule has 0 aromatic heterocycles. The van der Waals surface area contributed by atoms with Gasteiger partial charge < -0.3 is 0 Å². The molecule has 0 N–H and O–H groups in total. The lowest BCUT2D eigenvalue weighted by Crippen LogP contribution is -2.02. The average molecular weight is 297 g/mol. The number of hydrogen-bond donors (Lipinski definition) is 0. The van der Waals surface area contributed by atoms with Gasteiger partial charge in [0, 0.05) is 5.75 Å². The van der Waals surface area contributed by atoms with Crippen LogP contribution in [-0.4, -0.2) is 17.3 Å². The van der Waals surface area contributed by atoms with Crippen molar-refractivity contribution >= 4 is 17.3 Å². The van der Waals surface area contributed by atoms with Gasteiger partial charge in [-0.3, -0.25) is 4.99 Å². The zero-order chi connectivity index (χ0) is 14.3. The van der Waals surface area contributed by atoms with Gasteiger partial charge in [-0.2, -0.15) is 0 Å². The molecule has 0 amide bonds. The Hall–Kier alpha value is 0.0200. The van der Waals surface area contributed by atoms with Crippen LogP contribution in [0.5, 0.6) is 0 Å². The minimum absolute atomic E-state index is 0.590. The van der Waals surface area contributed by atoms with Crippen LogP contribution in [0.15, 0.2) is 4.99 Å². The third kappa shape index (κ3) is 10.8. The van der Waals surface area contributed by atoms with Crippen molar-refractivity contribution in [1.29, 1.82) is 0 Å². The molecule has 0 aromatic rings. The molecule has 2 heteroatoms. The maximum atomic E-state index is 4.34. The molecule has 1 nitrogen and oxygen atoms in total. The first-order valence-electron chi connectivity index (χ1n) is 9.00. The van der Waals surface area contributed by atoms with Crippen LogP contribution in [0.25, 0.3) is 0 Å². The molecule has 0 saturated carbocycles. The van der Waals surface area contributed by atoms with E-state index < -0.39 is 0 Å². The molecule has 1 aliphatic rings. The Morgan fingerprint density at radius 1 is 0.800 bits per heavy atom. The highest BCUT2D eigenvalue weighted by atomic mass is 32.2. The Morgan fingerprint density at radius 2 is 1.30 bits per heavy atom. The standard InChI is InChI=1S/C18H34NS/c1-2-3-4-5-6-7-8-9-10-11-12-13-14-15-18-16-20-17-19-18/h18H,2-16H2,1H3. The van der Waals surface area contributed by atoms with Crippen molar-refractivity contribution in [3.8, 4) is 0 Å². The van der Waals surface area contributed by atoms with E-state index in [1.54, 1.807) is 11.8 Å². The van der Waals surface area contributed by atoms with E-state index in [0.29, 0.717) is 6.04 Å². The summed E-state index contributed by atoms with van der Waals surface area (Å²) in [5.41, 5.74) is 3.01. The fourth-order valence-corrected chi connectivity index (χ4v) is 3.56. The number of hydrogen-bond acceptors (Lipinski definition) is 2. The molecule has 0 aromatic carbocycles. The minimum Gasteiger partial charge on any atom is -0.271 e. The predicted molar refractivity (Wildman–Crippen MR) is 94.0 cm³/mol. The zero-order valence-corrected chi connectivity index (χ0v) is 14.4. The molecule has 0 bridgehead atoms. The van der Waals surface area contributed by atoms with Crippen LogP contribution in [0.2, 0.25) is 0 Å². The molecule has 1 aliphatic heterocycles. The fraction of sp³-hybridized carbons (Fsp3) is 0.944. The molecular formula is C18H34NS. The lowest BCUT2D eigenvalue weighted by atomic mass is 10.0. The summed E-state index contributed by atoms with van der Waals surface area (Å²) in [6.45, 7) is 2.29. The molecule has 20 heavy (non-hydrogen) atoms. The SMILES string of the molecule is CCCCCCCCCCCCCCCC1CS[C]=N1. The van der Waals surface area contributed by atoms with Crippen molar-refractivity contribution in [2.24, 2.45) is 4.99 Å². The molecule has 1 atom stereocenters. The number of nitrogens with zero attached hydrogens (tertiary/aromatic N) is 1. The molecule has 117 valence electrons. The van der Waals surface area contributed by atoms with Gasteiger partial charge in [-0.1, -0.05) is 90.4 Å². The number of aliphatic imine (C=N–C) groups is 1. The maximum Gasteiger partial charge on any atom is 0.123 e. The summed E-state index contributed by atoms with van der Waals surface area (Å²) in [6, 6.07) is 0.590. The van der Waals surface area contributed by atoms with Crippen LogP contribution in [0, 0.1) is 0 Å². The molecule has 1 unspecified atom stereocenters. The fourth-order valence-electron chi connectivity index (χ4n) is 2.83. The van der Waals surface area contributed by atoms with Crippen LogP contribution in [0.1, 0.15) is 96.8 Å². The van der Waals surface area contributed by atoms with Crippen molar-refractivity contribution in [1.82, 2.24) is 0 Å². The molecule has 1 radical (unpaired) electrons. The van der Waals surface area contributed by atoms with E-state index >= 15 is 0 Å². The van der Waals surface area contributed by atoms with Crippen molar-refractivity contribution in [2.45, 2.75) is 103 Å². The summed E-state index contributed by atoms with van der Waals surface area (Å²) < 4.78 is 0. The first-order valence-corrected chi connectivity index (χ1v) is 9.98. The smallest absolute Gasteiger partial charge is 0.123 e. The monoisotopic (exact) mass is 296 g/mol. The van der Waals surface area contributed by atoms with Crippen molar-refractivity contribution in [2.75, 3.05) is 5.75 Å². The summed E-state index contributed by atoms with van der Waals surface area (Å²) in [7, 11) is 0.